The molecule has 0 aliphatic carbocycles. The molecule has 7 nitrogen and oxygen atoms in total. The first-order valence-corrected chi connectivity index (χ1v) is 10.2. The van der Waals surface area contributed by atoms with Gasteiger partial charge in [0.15, 0.2) is 11.5 Å². The number of pyridine rings is 1. The van der Waals surface area contributed by atoms with Crippen molar-refractivity contribution in [3.8, 4) is 5.69 Å². The molecule has 0 aliphatic heterocycles. The van der Waals surface area contributed by atoms with Crippen molar-refractivity contribution in [1.82, 2.24) is 14.5 Å². The number of alkyl halides is 3. The predicted molar refractivity (Wildman–Crippen MR) is 124 cm³/mol. The van der Waals surface area contributed by atoms with E-state index in [1.165, 1.54) is 16.8 Å². The highest BCUT2D eigenvalue weighted by molar-refractivity contribution is 5.94. The second kappa shape index (κ2) is 9.74. The maximum Gasteiger partial charge on any atom is 0.417 e. The van der Waals surface area contributed by atoms with Crippen LogP contribution in [-0.2, 0) is 12.6 Å². The fraction of sp³-hybridized carbons (Fsp3) is 0.167. The zero-order valence-electron chi connectivity index (χ0n) is 18.4. The topological polar surface area (TPSA) is 117 Å². The predicted octanol–water partition coefficient (Wildman–Crippen LogP) is 4.04. The number of primary amides is 1. The van der Waals surface area contributed by atoms with Crippen LogP contribution in [0.15, 0.2) is 65.6 Å². The van der Waals surface area contributed by atoms with Crippen LogP contribution in [0.1, 0.15) is 34.4 Å². The number of anilines is 1. The van der Waals surface area contributed by atoms with Gasteiger partial charge in [0.1, 0.15) is 0 Å². The van der Waals surface area contributed by atoms with Gasteiger partial charge in [-0.25, -0.2) is 9.97 Å². The van der Waals surface area contributed by atoms with Gasteiger partial charge in [-0.15, -0.1) is 0 Å². The molecular formula is C24H22F3N5O2. The second-order valence-electron chi connectivity index (χ2n) is 7.34. The number of rotatable bonds is 3. The molecule has 2 heterocycles. The molecule has 0 saturated heterocycles. The Morgan fingerprint density at radius 2 is 1.76 bits per heavy atom. The summed E-state index contributed by atoms with van der Waals surface area (Å²) >= 11 is 0. The van der Waals surface area contributed by atoms with Crippen LogP contribution in [-0.4, -0.2) is 20.4 Å². The number of halogens is 3. The number of para-hydroxylation sites is 1. The number of nitrogen functional groups attached to an aromatic ring is 1. The van der Waals surface area contributed by atoms with E-state index in [4.69, 9.17) is 11.5 Å². The summed E-state index contributed by atoms with van der Waals surface area (Å²) < 4.78 is 41.2. The Bertz CT molecular complexity index is 1400. The van der Waals surface area contributed by atoms with Crippen molar-refractivity contribution in [1.29, 1.82) is 0 Å². The largest absolute Gasteiger partial charge is 0.417 e. The third-order valence-corrected chi connectivity index (χ3v) is 4.96. The van der Waals surface area contributed by atoms with Crippen molar-refractivity contribution in [2.24, 2.45) is 5.73 Å². The molecule has 2 aromatic heterocycles. The van der Waals surface area contributed by atoms with Crippen molar-refractivity contribution >= 4 is 22.5 Å². The van der Waals surface area contributed by atoms with Crippen LogP contribution in [0.5, 0.6) is 0 Å². The molecule has 4 N–H and O–H groups in total. The first kappa shape index (κ1) is 24.4. The minimum atomic E-state index is -4.57. The fourth-order valence-corrected chi connectivity index (χ4v) is 3.46. The zero-order valence-corrected chi connectivity index (χ0v) is 18.4. The Morgan fingerprint density at radius 3 is 2.32 bits per heavy atom. The van der Waals surface area contributed by atoms with Crippen molar-refractivity contribution in [3.05, 3.63) is 93.8 Å². The van der Waals surface area contributed by atoms with E-state index in [0.717, 1.165) is 6.07 Å². The molecule has 10 heteroatoms. The van der Waals surface area contributed by atoms with Crippen LogP contribution >= 0.6 is 0 Å². The number of fused-ring (bicyclic) bond motifs is 1. The lowest BCUT2D eigenvalue weighted by molar-refractivity contribution is -0.136. The van der Waals surface area contributed by atoms with E-state index in [1.807, 2.05) is 6.92 Å². The average molecular weight is 469 g/mol. The van der Waals surface area contributed by atoms with Crippen LogP contribution in [0, 0.1) is 6.92 Å². The monoisotopic (exact) mass is 469 g/mol. The molecule has 0 spiro atoms. The van der Waals surface area contributed by atoms with E-state index in [0.29, 0.717) is 28.9 Å². The van der Waals surface area contributed by atoms with E-state index in [1.54, 1.807) is 49.4 Å². The van der Waals surface area contributed by atoms with E-state index in [-0.39, 0.29) is 16.9 Å². The lowest BCUT2D eigenvalue weighted by Crippen LogP contribution is -2.24. The number of carbonyl (C=O) groups is 1. The number of amides is 1. The number of hydrogen-bond acceptors (Lipinski definition) is 5. The maximum absolute atomic E-state index is 13.3. The first-order chi connectivity index (χ1) is 16.0. The molecule has 4 rings (SSSR count). The Morgan fingerprint density at radius 1 is 1.09 bits per heavy atom. The molecule has 0 unspecified atom stereocenters. The number of hydrogen-bond donors (Lipinski definition) is 2. The molecule has 0 fully saturated rings. The molecule has 0 saturated carbocycles. The van der Waals surface area contributed by atoms with Gasteiger partial charge < -0.3 is 11.5 Å². The zero-order chi connectivity index (χ0) is 25.0. The molecule has 4 aromatic rings. The fourth-order valence-electron chi connectivity index (χ4n) is 3.46. The van der Waals surface area contributed by atoms with Gasteiger partial charge in [-0.1, -0.05) is 37.3 Å². The third kappa shape index (κ3) is 5.06. The van der Waals surface area contributed by atoms with Gasteiger partial charge in [0, 0.05) is 17.6 Å². The van der Waals surface area contributed by atoms with Crippen molar-refractivity contribution < 1.29 is 18.0 Å². The standard InChI is InChI=1S/C18H14F3NO.C6H8N4O/c1-2-13-11-12-7-6-10-15(18(19,20)21)16(12)17(23)22(13)14-8-4-3-5-9-14;1-3-2-9-4(6(8)11)5(7)10-3/h3-11H,2H2,1H3;2H,1H3,(H2,7,10)(H2,8,11). The van der Waals surface area contributed by atoms with Crippen LogP contribution in [0.3, 0.4) is 0 Å². The number of nitrogens with two attached hydrogens (primary N) is 2. The van der Waals surface area contributed by atoms with Crippen molar-refractivity contribution in [2.45, 2.75) is 26.4 Å². The number of carbonyl (C=O) groups excluding carboxylic acids is 1. The molecule has 176 valence electrons. The van der Waals surface area contributed by atoms with E-state index in [2.05, 4.69) is 9.97 Å². The minimum Gasteiger partial charge on any atom is -0.382 e. The van der Waals surface area contributed by atoms with Crippen LogP contribution in [0.2, 0.25) is 0 Å². The quantitative estimate of drug-likeness (QED) is 0.470. The van der Waals surface area contributed by atoms with Gasteiger partial charge in [-0.2, -0.15) is 13.2 Å². The van der Waals surface area contributed by atoms with E-state index >= 15 is 0 Å². The Labute approximate surface area is 192 Å². The Balaban J connectivity index is 0.000000248. The summed E-state index contributed by atoms with van der Waals surface area (Å²) in [5.41, 5.74) is 10.7. The third-order valence-electron chi connectivity index (χ3n) is 4.96. The summed E-state index contributed by atoms with van der Waals surface area (Å²) in [4.78, 5) is 30.9. The van der Waals surface area contributed by atoms with Crippen molar-refractivity contribution in [3.63, 3.8) is 0 Å². The maximum atomic E-state index is 13.3. The SMILES string of the molecule is CCc1cc2cccc(C(F)(F)F)c2c(=O)n1-c1ccccc1.Cc1cnc(C(N)=O)c(N)n1. The highest BCUT2D eigenvalue weighted by atomic mass is 19.4. The smallest absolute Gasteiger partial charge is 0.382 e. The number of benzene rings is 2. The molecular weight excluding hydrogens is 447 g/mol. The molecule has 0 aliphatic rings. The van der Waals surface area contributed by atoms with E-state index in [9.17, 15) is 22.8 Å². The lowest BCUT2D eigenvalue weighted by atomic mass is 10.0. The lowest BCUT2D eigenvalue weighted by Gasteiger charge is -2.16. The molecule has 0 radical (unpaired) electrons. The Hall–Kier alpha value is -4.21. The highest BCUT2D eigenvalue weighted by Crippen LogP contribution is 2.33. The summed E-state index contributed by atoms with van der Waals surface area (Å²) in [6, 6.07) is 14.2. The van der Waals surface area contributed by atoms with Crippen molar-refractivity contribution in [2.75, 3.05) is 5.73 Å². The van der Waals surface area contributed by atoms with Gasteiger partial charge in [-0.05, 0) is 43.0 Å². The molecule has 0 bridgehead atoms. The number of aromatic nitrogens is 3. The summed E-state index contributed by atoms with van der Waals surface area (Å²) in [5.74, 6) is -0.576. The van der Waals surface area contributed by atoms with Gasteiger partial charge in [0.2, 0.25) is 0 Å². The second-order valence-corrected chi connectivity index (χ2v) is 7.34. The minimum absolute atomic E-state index is 0.0237. The van der Waals surface area contributed by atoms with Crippen LogP contribution in [0.25, 0.3) is 16.5 Å². The molecule has 34 heavy (non-hydrogen) atoms. The summed E-state index contributed by atoms with van der Waals surface area (Å²) in [7, 11) is 0. The highest BCUT2D eigenvalue weighted by Gasteiger charge is 2.34. The van der Waals surface area contributed by atoms with Crippen LogP contribution in [0.4, 0.5) is 19.0 Å². The summed E-state index contributed by atoms with van der Waals surface area (Å²) in [5, 5.41) is 0.0231. The summed E-state index contributed by atoms with van der Waals surface area (Å²) in [6.07, 6.45) is -2.59. The number of nitrogens with zero attached hydrogens (tertiary/aromatic N) is 3. The van der Waals surface area contributed by atoms with Gasteiger partial charge in [0.05, 0.1) is 16.6 Å². The summed E-state index contributed by atoms with van der Waals surface area (Å²) in [6.45, 7) is 3.60. The number of aryl methyl sites for hydroxylation is 2. The molecule has 1 amide bonds. The Kier molecular flexibility index (Phi) is 7.00. The normalized spacial score (nSPS) is 11.1. The van der Waals surface area contributed by atoms with E-state index < -0.39 is 23.2 Å². The first-order valence-electron chi connectivity index (χ1n) is 10.2. The van der Waals surface area contributed by atoms with Gasteiger partial charge >= 0.3 is 6.18 Å². The van der Waals surface area contributed by atoms with Gasteiger partial charge in [-0.3, -0.25) is 14.2 Å². The average Bonchev–Trinajstić information content (AvgIpc) is 2.78. The molecule has 0 atom stereocenters. The molecule has 2 aromatic carbocycles. The van der Waals surface area contributed by atoms with Gasteiger partial charge in [0.25, 0.3) is 11.5 Å². The van der Waals surface area contributed by atoms with Crippen LogP contribution < -0.4 is 17.0 Å².